The van der Waals surface area contributed by atoms with Gasteiger partial charge in [-0.05, 0) is 65.2 Å². The summed E-state index contributed by atoms with van der Waals surface area (Å²) in [5.74, 6) is 0.660. The molecule has 0 amide bonds. The molecule has 0 unspecified atom stereocenters. The summed E-state index contributed by atoms with van der Waals surface area (Å²) in [7, 11) is 3.70. The van der Waals surface area contributed by atoms with Crippen LogP contribution in [0.15, 0.2) is 12.2 Å². The standard InChI is InChI=1S/C20H40O2.C20H38O2/c2*1-4-5-6-14-17-20(22-3)18-15-12-10-8-7-9-11-13-16-19(2)21/h20H,4-18H2,1-3H3;12,15,20H,4-11,13-14,16-18H2,1-3H3/b;15-12-/t2*20-/m11/s1. The fourth-order valence-electron chi connectivity index (χ4n) is 5.65. The molecule has 0 saturated heterocycles. The Labute approximate surface area is 276 Å². The van der Waals surface area contributed by atoms with E-state index in [0.29, 0.717) is 23.8 Å². The summed E-state index contributed by atoms with van der Waals surface area (Å²) in [6.45, 7) is 7.88. The van der Waals surface area contributed by atoms with Gasteiger partial charge in [0, 0.05) is 27.1 Å². The number of methoxy groups -OCH3 is 2. The number of ketones is 2. The van der Waals surface area contributed by atoms with Crippen LogP contribution >= 0.6 is 0 Å². The summed E-state index contributed by atoms with van der Waals surface area (Å²) in [4.78, 5) is 21.6. The monoisotopic (exact) mass is 623 g/mol. The predicted octanol–water partition coefficient (Wildman–Crippen LogP) is 12.7. The molecule has 0 aliphatic carbocycles. The van der Waals surface area contributed by atoms with E-state index >= 15 is 0 Å². The Morgan fingerprint density at radius 2 is 0.841 bits per heavy atom. The van der Waals surface area contributed by atoms with Gasteiger partial charge in [-0.25, -0.2) is 0 Å². The van der Waals surface area contributed by atoms with Gasteiger partial charge in [0.25, 0.3) is 0 Å². The van der Waals surface area contributed by atoms with E-state index < -0.39 is 0 Å². The number of rotatable bonds is 33. The number of Topliss-reactive ketones (excluding diaryl/α,β-unsaturated/α-hetero) is 2. The molecule has 0 rings (SSSR count). The van der Waals surface area contributed by atoms with Crippen LogP contribution < -0.4 is 0 Å². The lowest BCUT2D eigenvalue weighted by Gasteiger charge is -2.15. The van der Waals surface area contributed by atoms with Gasteiger partial charge >= 0.3 is 0 Å². The predicted molar refractivity (Wildman–Crippen MR) is 193 cm³/mol. The van der Waals surface area contributed by atoms with Gasteiger partial charge in [0.05, 0.1) is 12.2 Å². The molecular weight excluding hydrogens is 544 g/mol. The van der Waals surface area contributed by atoms with Crippen LogP contribution in [0, 0.1) is 0 Å². The highest BCUT2D eigenvalue weighted by atomic mass is 16.5. The van der Waals surface area contributed by atoms with Crippen LogP contribution in [-0.2, 0) is 19.1 Å². The lowest BCUT2D eigenvalue weighted by Crippen LogP contribution is -2.10. The van der Waals surface area contributed by atoms with Crippen molar-refractivity contribution in [1.29, 1.82) is 0 Å². The zero-order valence-electron chi connectivity index (χ0n) is 30.7. The molecule has 0 aliphatic heterocycles. The van der Waals surface area contributed by atoms with Gasteiger partial charge in [0.1, 0.15) is 11.6 Å². The highest BCUT2D eigenvalue weighted by molar-refractivity contribution is 5.75. The molecule has 4 heteroatoms. The Morgan fingerprint density at radius 1 is 0.477 bits per heavy atom. The number of carbonyl (C=O) groups is 2. The zero-order chi connectivity index (χ0) is 32.9. The molecule has 44 heavy (non-hydrogen) atoms. The minimum absolute atomic E-state index is 0.324. The maximum absolute atomic E-state index is 10.8. The van der Waals surface area contributed by atoms with E-state index in [1.54, 1.807) is 13.8 Å². The Hall–Kier alpha value is -1.00. The number of allylic oxidation sites excluding steroid dienone is 1. The first kappa shape index (κ1) is 45.1. The topological polar surface area (TPSA) is 52.6 Å². The third-order valence-corrected chi connectivity index (χ3v) is 8.70. The van der Waals surface area contributed by atoms with Crippen LogP contribution in [0.3, 0.4) is 0 Å². The van der Waals surface area contributed by atoms with E-state index in [0.717, 1.165) is 32.1 Å². The normalized spacial score (nSPS) is 12.7. The van der Waals surface area contributed by atoms with Crippen LogP contribution in [0.2, 0.25) is 0 Å². The third kappa shape index (κ3) is 39.0. The number of hydrogen-bond donors (Lipinski definition) is 0. The minimum atomic E-state index is 0.324. The van der Waals surface area contributed by atoms with Crippen molar-refractivity contribution in [2.45, 2.75) is 220 Å². The highest BCUT2D eigenvalue weighted by Crippen LogP contribution is 2.16. The summed E-state index contributed by atoms with van der Waals surface area (Å²) in [5, 5.41) is 0. The van der Waals surface area contributed by atoms with E-state index in [1.165, 1.54) is 148 Å². The van der Waals surface area contributed by atoms with Crippen molar-refractivity contribution in [3.63, 3.8) is 0 Å². The van der Waals surface area contributed by atoms with Crippen molar-refractivity contribution < 1.29 is 19.1 Å². The largest absolute Gasteiger partial charge is 0.381 e. The second kappa shape index (κ2) is 38.2. The van der Waals surface area contributed by atoms with Crippen molar-refractivity contribution in [3.05, 3.63) is 12.2 Å². The molecule has 262 valence electrons. The van der Waals surface area contributed by atoms with E-state index in [4.69, 9.17) is 9.47 Å². The molecule has 0 N–H and O–H groups in total. The van der Waals surface area contributed by atoms with E-state index in [-0.39, 0.29) is 0 Å². The third-order valence-electron chi connectivity index (χ3n) is 8.70. The van der Waals surface area contributed by atoms with Gasteiger partial charge in [0.15, 0.2) is 0 Å². The van der Waals surface area contributed by atoms with Crippen molar-refractivity contribution in [2.24, 2.45) is 0 Å². The van der Waals surface area contributed by atoms with Crippen LogP contribution in [-0.4, -0.2) is 38.0 Å². The first-order valence-corrected chi connectivity index (χ1v) is 19.1. The Morgan fingerprint density at radius 3 is 1.25 bits per heavy atom. The SMILES string of the molecule is CCCCCC[C@H](C/C=C\CCCCCCCC(C)=O)OC.CCCCCC[C@H](CCCCCCCCCCC(C)=O)OC. The quantitative estimate of drug-likeness (QED) is 0.0539. The molecule has 0 aromatic rings. The van der Waals surface area contributed by atoms with Crippen molar-refractivity contribution in [3.8, 4) is 0 Å². The highest BCUT2D eigenvalue weighted by Gasteiger charge is 2.07. The van der Waals surface area contributed by atoms with Gasteiger partial charge in [0.2, 0.25) is 0 Å². The molecule has 0 aromatic carbocycles. The molecular formula is C40H78O4. The number of ether oxygens (including phenoxy) is 2. The fraction of sp³-hybridized carbons (Fsp3) is 0.900. The van der Waals surface area contributed by atoms with Crippen LogP contribution in [0.1, 0.15) is 207 Å². The molecule has 0 saturated carbocycles. The first-order valence-electron chi connectivity index (χ1n) is 19.1. The van der Waals surface area contributed by atoms with Gasteiger partial charge in [-0.3, -0.25) is 0 Å². The number of hydrogen-bond acceptors (Lipinski definition) is 4. The average molecular weight is 623 g/mol. The molecule has 0 aromatic heterocycles. The Kier molecular flexibility index (Phi) is 39.2. The smallest absolute Gasteiger partial charge is 0.129 e. The number of carbonyl (C=O) groups excluding carboxylic acids is 2. The van der Waals surface area contributed by atoms with Crippen molar-refractivity contribution in [2.75, 3.05) is 14.2 Å². The second-order valence-corrected chi connectivity index (χ2v) is 13.2. The maximum Gasteiger partial charge on any atom is 0.129 e. The van der Waals surface area contributed by atoms with Gasteiger partial charge in [-0.15, -0.1) is 0 Å². The average Bonchev–Trinajstić information content (AvgIpc) is 3.01. The van der Waals surface area contributed by atoms with Gasteiger partial charge in [-0.2, -0.15) is 0 Å². The molecule has 2 atom stereocenters. The molecule has 0 fully saturated rings. The molecule has 0 aliphatic rings. The van der Waals surface area contributed by atoms with Crippen LogP contribution in [0.5, 0.6) is 0 Å². The summed E-state index contributed by atoms with van der Waals surface area (Å²) in [5.41, 5.74) is 0. The minimum Gasteiger partial charge on any atom is -0.381 e. The molecule has 0 spiro atoms. The number of unbranched alkanes of at least 4 members (excludes halogenated alkanes) is 18. The van der Waals surface area contributed by atoms with E-state index in [9.17, 15) is 9.59 Å². The first-order chi connectivity index (χ1) is 21.4. The second-order valence-electron chi connectivity index (χ2n) is 13.2. The zero-order valence-corrected chi connectivity index (χ0v) is 30.7. The summed E-state index contributed by atoms with van der Waals surface area (Å²) in [6.07, 6.45) is 40.0. The van der Waals surface area contributed by atoms with E-state index in [1.807, 2.05) is 14.2 Å². The van der Waals surface area contributed by atoms with Gasteiger partial charge in [-0.1, -0.05) is 142 Å². The molecule has 0 bridgehead atoms. The molecule has 4 nitrogen and oxygen atoms in total. The summed E-state index contributed by atoms with van der Waals surface area (Å²) >= 11 is 0. The summed E-state index contributed by atoms with van der Waals surface area (Å²) in [6, 6.07) is 0. The van der Waals surface area contributed by atoms with Crippen molar-refractivity contribution in [1.82, 2.24) is 0 Å². The summed E-state index contributed by atoms with van der Waals surface area (Å²) < 4.78 is 11.1. The van der Waals surface area contributed by atoms with Crippen LogP contribution in [0.25, 0.3) is 0 Å². The van der Waals surface area contributed by atoms with Crippen molar-refractivity contribution >= 4 is 11.6 Å². The fourth-order valence-corrected chi connectivity index (χ4v) is 5.65. The van der Waals surface area contributed by atoms with Gasteiger partial charge < -0.3 is 19.1 Å². The Balaban J connectivity index is 0. The van der Waals surface area contributed by atoms with Crippen LogP contribution in [0.4, 0.5) is 0 Å². The lowest BCUT2D eigenvalue weighted by molar-refractivity contribution is -0.117. The lowest BCUT2D eigenvalue weighted by atomic mass is 10.0. The molecule has 0 radical (unpaired) electrons. The molecule has 0 heterocycles. The van der Waals surface area contributed by atoms with E-state index in [2.05, 4.69) is 26.0 Å². The Bertz CT molecular complexity index is 614. The maximum atomic E-state index is 10.8.